The van der Waals surface area contributed by atoms with Gasteiger partial charge in [0, 0.05) is 18.8 Å². The van der Waals surface area contributed by atoms with Crippen molar-refractivity contribution in [3.63, 3.8) is 0 Å². The van der Waals surface area contributed by atoms with Crippen molar-refractivity contribution in [2.45, 2.75) is 13.1 Å². The Labute approximate surface area is 138 Å². The fraction of sp³-hybridized carbons (Fsp3) is 0.286. The van der Waals surface area contributed by atoms with Gasteiger partial charge in [-0.2, -0.15) is 13.2 Å². The van der Waals surface area contributed by atoms with Gasteiger partial charge in [0.1, 0.15) is 5.75 Å². The first kappa shape index (κ1) is 18.1. The van der Waals surface area contributed by atoms with Gasteiger partial charge in [0.05, 0.1) is 17.7 Å². The highest BCUT2D eigenvalue weighted by molar-refractivity contribution is 7.90. The van der Waals surface area contributed by atoms with E-state index in [4.69, 9.17) is 8.37 Å². The second-order valence-electron chi connectivity index (χ2n) is 4.64. The molecule has 1 heterocycles. The molecule has 0 fully saturated rings. The minimum atomic E-state index is -4.57. The van der Waals surface area contributed by atoms with Crippen LogP contribution in [0.15, 0.2) is 34.0 Å². The number of alkyl halides is 3. The van der Waals surface area contributed by atoms with Crippen LogP contribution in [0, 0.1) is 0 Å². The maximum absolute atomic E-state index is 12.9. The Morgan fingerprint density at radius 3 is 2.58 bits per heavy atom. The van der Waals surface area contributed by atoms with Crippen LogP contribution >= 0.6 is 12.3 Å². The number of halogens is 3. The lowest BCUT2D eigenvalue weighted by molar-refractivity contribution is -0.137. The summed E-state index contributed by atoms with van der Waals surface area (Å²) in [6, 6.07) is 2.71. The molecule has 0 saturated heterocycles. The molecular weight excluding hydrogens is 349 g/mol. The molecule has 0 aliphatic rings. The zero-order chi connectivity index (χ0) is 17.9. The van der Waals surface area contributed by atoms with Crippen molar-refractivity contribution in [3.8, 4) is 16.9 Å². The van der Waals surface area contributed by atoms with Gasteiger partial charge in [-0.05, 0) is 25.1 Å². The van der Waals surface area contributed by atoms with Crippen molar-refractivity contribution < 1.29 is 21.5 Å². The molecule has 0 saturated carbocycles. The average Bonchev–Trinajstić information content (AvgIpc) is 2.52. The molecule has 2 aromatic rings. The standard InChI is InChI=1S/C14H13F3N2O4S/c1-3-22-24-23-11-6-8(14(15,16)17)4-5-9(11)10-7-18-13(21)19(2)12(10)20/h4-7H,3H2,1-2H3,(H,18,21). The van der Waals surface area contributed by atoms with Crippen molar-refractivity contribution in [3.05, 3.63) is 50.8 Å². The summed E-state index contributed by atoms with van der Waals surface area (Å²) in [5, 5.41) is 0. The number of hydrogen-bond donors (Lipinski definition) is 1. The molecule has 1 aromatic heterocycles. The maximum Gasteiger partial charge on any atom is 0.416 e. The number of H-pyrrole nitrogens is 1. The van der Waals surface area contributed by atoms with Crippen LogP contribution in [0.3, 0.4) is 0 Å². The van der Waals surface area contributed by atoms with Crippen LogP contribution in [0.25, 0.3) is 11.1 Å². The highest BCUT2D eigenvalue weighted by Crippen LogP contribution is 2.37. The Morgan fingerprint density at radius 1 is 1.25 bits per heavy atom. The van der Waals surface area contributed by atoms with Gasteiger partial charge in [0.2, 0.25) is 12.3 Å². The van der Waals surface area contributed by atoms with E-state index in [1.165, 1.54) is 7.05 Å². The van der Waals surface area contributed by atoms with E-state index >= 15 is 0 Å². The van der Waals surface area contributed by atoms with Crippen LogP contribution in [0.2, 0.25) is 0 Å². The second-order valence-corrected chi connectivity index (χ2v) is 5.18. The average molecular weight is 362 g/mol. The summed E-state index contributed by atoms with van der Waals surface area (Å²) in [4.78, 5) is 25.9. The fourth-order valence-corrected chi connectivity index (χ4v) is 2.21. The number of rotatable bonds is 5. The Bertz CT molecular complexity index is 845. The first-order valence-corrected chi connectivity index (χ1v) is 7.38. The van der Waals surface area contributed by atoms with Crippen LogP contribution in [0.1, 0.15) is 12.5 Å². The number of benzene rings is 1. The zero-order valence-corrected chi connectivity index (χ0v) is 13.5. The predicted molar refractivity (Wildman–Crippen MR) is 82.6 cm³/mol. The Balaban J connectivity index is 2.58. The van der Waals surface area contributed by atoms with E-state index in [9.17, 15) is 22.8 Å². The number of aromatic amines is 1. The molecule has 6 nitrogen and oxygen atoms in total. The molecule has 0 aliphatic heterocycles. The minimum absolute atomic E-state index is 0.00192. The molecule has 0 atom stereocenters. The molecule has 0 aliphatic carbocycles. The van der Waals surface area contributed by atoms with Gasteiger partial charge < -0.3 is 9.17 Å². The lowest BCUT2D eigenvalue weighted by atomic mass is 10.0. The molecule has 0 bridgehead atoms. The van der Waals surface area contributed by atoms with Crippen molar-refractivity contribution in [1.29, 1.82) is 0 Å². The third-order valence-corrected chi connectivity index (χ3v) is 3.65. The van der Waals surface area contributed by atoms with Crippen LogP contribution in [-0.4, -0.2) is 16.2 Å². The Hall–Kier alpha value is -2.20. The fourth-order valence-electron chi connectivity index (χ4n) is 1.86. The molecule has 130 valence electrons. The number of nitrogens with zero attached hydrogens (tertiary/aromatic N) is 1. The van der Waals surface area contributed by atoms with Crippen molar-refractivity contribution >= 4 is 12.3 Å². The van der Waals surface area contributed by atoms with Gasteiger partial charge in [0.15, 0.2) is 0 Å². The highest BCUT2D eigenvalue weighted by Gasteiger charge is 2.31. The van der Waals surface area contributed by atoms with Crippen LogP contribution in [0.5, 0.6) is 5.75 Å². The lowest BCUT2D eigenvalue weighted by Gasteiger charge is -2.13. The summed E-state index contributed by atoms with van der Waals surface area (Å²) < 4.78 is 49.5. The Kier molecular flexibility index (Phi) is 5.40. The van der Waals surface area contributed by atoms with Gasteiger partial charge in [-0.15, -0.1) is 0 Å². The zero-order valence-electron chi connectivity index (χ0n) is 12.6. The third kappa shape index (κ3) is 3.82. The molecule has 2 rings (SSSR count). The summed E-state index contributed by atoms with van der Waals surface area (Å²) in [6.07, 6.45) is -3.44. The third-order valence-electron chi connectivity index (χ3n) is 3.07. The lowest BCUT2D eigenvalue weighted by Crippen LogP contribution is -2.32. The Morgan fingerprint density at radius 2 is 1.96 bits per heavy atom. The van der Waals surface area contributed by atoms with Crippen LogP contribution < -0.4 is 15.4 Å². The monoisotopic (exact) mass is 362 g/mol. The molecular formula is C14H13F3N2O4S. The molecule has 1 aromatic carbocycles. The normalized spacial score (nSPS) is 11.5. The van der Waals surface area contributed by atoms with E-state index in [-0.39, 0.29) is 23.5 Å². The molecule has 0 radical (unpaired) electrons. The number of hydrogen-bond acceptors (Lipinski definition) is 5. The summed E-state index contributed by atoms with van der Waals surface area (Å²) in [7, 11) is 1.25. The highest BCUT2D eigenvalue weighted by atomic mass is 32.2. The predicted octanol–water partition coefficient (Wildman–Crippen LogP) is 2.74. The van der Waals surface area contributed by atoms with E-state index in [2.05, 4.69) is 4.98 Å². The SMILES string of the molecule is CCOSOc1cc(C(F)(F)F)ccc1-c1c[nH]c(=O)n(C)c1=O. The first-order chi connectivity index (χ1) is 11.3. The van der Waals surface area contributed by atoms with Gasteiger partial charge in [-0.1, -0.05) is 0 Å². The maximum atomic E-state index is 12.9. The molecule has 24 heavy (non-hydrogen) atoms. The van der Waals surface area contributed by atoms with Crippen LogP contribution in [-0.2, 0) is 17.4 Å². The minimum Gasteiger partial charge on any atom is -0.400 e. The second kappa shape index (κ2) is 7.14. The molecule has 1 N–H and O–H groups in total. The summed E-state index contributed by atoms with van der Waals surface area (Å²) in [5.74, 6) is -0.201. The molecule has 0 amide bonds. The van der Waals surface area contributed by atoms with E-state index in [0.29, 0.717) is 12.3 Å². The van der Waals surface area contributed by atoms with E-state index in [1.807, 2.05) is 0 Å². The number of aromatic nitrogens is 2. The van der Waals surface area contributed by atoms with Crippen molar-refractivity contribution in [1.82, 2.24) is 9.55 Å². The van der Waals surface area contributed by atoms with Gasteiger partial charge >= 0.3 is 11.9 Å². The smallest absolute Gasteiger partial charge is 0.400 e. The molecule has 0 unspecified atom stereocenters. The largest absolute Gasteiger partial charge is 0.416 e. The summed E-state index contributed by atoms with van der Waals surface area (Å²) in [5.41, 5.74) is -2.13. The van der Waals surface area contributed by atoms with Crippen molar-refractivity contribution in [2.75, 3.05) is 6.61 Å². The quantitative estimate of drug-likeness (QED) is 0.654. The van der Waals surface area contributed by atoms with Crippen molar-refractivity contribution in [2.24, 2.45) is 7.05 Å². The topological polar surface area (TPSA) is 73.3 Å². The van der Waals surface area contributed by atoms with Gasteiger partial charge in [0.25, 0.3) is 5.56 Å². The van der Waals surface area contributed by atoms with E-state index in [0.717, 1.165) is 29.0 Å². The first-order valence-electron chi connectivity index (χ1n) is 6.72. The molecule has 0 spiro atoms. The molecule has 10 heteroatoms. The summed E-state index contributed by atoms with van der Waals surface area (Å²) >= 11 is 0.500. The van der Waals surface area contributed by atoms with E-state index < -0.39 is 23.0 Å². The number of nitrogens with one attached hydrogen (secondary N) is 1. The summed E-state index contributed by atoms with van der Waals surface area (Å²) in [6.45, 7) is 1.96. The van der Waals surface area contributed by atoms with Gasteiger partial charge in [-0.25, -0.2) is 4.79 Å². The van der Waals surface area contributed by atoms with E-state index in [1.54, 1.807) is 6.92 Å². The van der Waals surface area contributed by atoms with Gasteiger partial charge in [-0.3, -0.25) is 13.5 Å². The van der Waals surface area contributed by atoms with Crippen LogP contribution in [0.4, 0.5) is 13.2 Å².